The lowest BCUT2D eigenvalue weighted by Crippen LogP contribution is -2.35. The zero-order valence-corrected chi connectivity index (χ0v) is 9.55. The molecule has 0 aliphatic carbocycles. The molecular formula is C8H10FN3O4S. The van der Waals surface area contributed by atoms with Crippen LogP contribution in [0.1, 0.15) is 0 Å². The maximum atomic E-state index is 13.2. The Morgan fingerprint density at radius 1 is 1.47 bits per heavy atom. The van der Waals surface area contributed by atoms with E-state index in [1.165, 1.54) is 16.9 Å². The average molecular weight is 263 g/mol. The van der Waals surface area contributed by atoms with E-state index in [0.29, 0.717) is 0 Å². The number of halogens is 1. The molecule has 0 heterocycles. The van der Waals surface area contributed by atoms with Gasteiger partial charge in [0.15, 0.2) is 0 Å². The number of nitrogen functional groups attached to an aromatic ring is 1. The molecule has 0 spiro atoms. The molecule has 4 N–H and O–H groups in total. The molecule has 0 saturated carbocycles. The first-order valence-electron chi connectivity index (χ1n) is 4.28. The number of para-hydroxylation sites is 1. The van der Waals surface area contributed by atoms with Gasteiger partial charge in [0, 0.05) is 0 Å². The van der Waals surface area contributed by atoms with Crippen LogP contribution in [0.3, 0.4) is 0 Å². The number of nitrogens with two attached hydrogens (primary N) is 1. The van der Waals surface area contributed by atoms with Crippen molar-refractivity contribution in [3.8, 4) is 0 Å². The molecule has 0 aromatic heterocycles. The Kier molecular flexibility index (Phi) is 3.73. The van der Waals surface area contributed by atoms with Crippen molar-refractivity contribution in [1.82, 2.24) is 4.72 Å². The van der Waals surface area contributed by atoms with Gasteiger partial charge in [-0.25, -0.2) is 13.9 Å². The molecule has 7 nitrogen and oxygen atoms in total. The molecule has 0 unspecified atom stereocenters. The van der Waals surface area contributed by atoms with Gasteiger partial charge in [0.2, 0.25) is 0 Å². The molecular weight excluding hydrogens is 253 g/mol. The molecule has 0 atom stereocenters. The van der Waals surface area contributed by atoms with E-state index in [-0.39, 0.29) is 5.69 Å². The first kappa shape index (κ1) is 13.0. The SMILES string of the molecule is COC(=O)NS(=O)(=O)Nc1c(N)cccc1F. The van der Waals surface area contributed by atoms with Crippen molar-refractivity contribution >= 4 is 27.7 Å². The van der Waals surface area contributed by atoms with Crippen LogP contribution in [0.2, 0.25) is 0 Å². The number of methoxy groups -OCH3 is 1. The van der Waals surface area contributed by atoms with Crippen LogP contribution >= 0.6 is 0 Å². The van der Waals surface area contributed by atoms with Crippen molar-refractivity contribution in [3.05, 3.63) is 24.0 Å². The monoisotopic (exact) mass is 263 g/mol. The molecule has 94 valence electrons. The van der Waals surface area contributed by atoms with E-state index in [1.54, 1.807) is 4.72 Å². The van der Waals surface area contributed by atoms with Crippen molar-refractivity contribution in [1.29, 1.82) is 0 Å². The first-order chi connectivity index (χ1) is 7.85. The van der Waals surface area contributed by atoms with E-state index in [0.717, 1.165) is 13.2 Å². The van der Waals surface area contributed by atoms with E-state index >= 15 is 0 Å². The molecule has 1 aromatic rings. The minimum atomic E-state index is -4.29. The Morgan fingerprint density at radius 3 is 2.65 bits per heavy atom. The highest BCUT2D eigenvalue weighted by molar-refractivity contribution is 7.91. The highest BCUT2D eigenvalue weighted by atomic mass is 32.2. The molecule has 0 aliphatic rings. The van der Waals surface area contributed by atoms with Crippen LogP contribution in [0, 0.1) is 5.82 Å². The number of amides is 1. The molecule has 0 saturated heterocycles. The lowest BCUT2D eigenvalue weighted by molar-refractivity contribution is 0.177. The van der Waals surface area contributed by atoms with Gasteiger partial charge in [-0.1, -0.05) is 6.07 Å². The van der Waals surface area contributed by atoms with Crippen LogP contribution in [0.5, 0.6) is 0 Å². The summed E-state index contributed by atoms with van der Waals surface area (Å²) in [5.74, 6) is -0.861. The Morgan fingerprint density at radius 2 is 2.12 bits per heavy atom. The quantitative estimate of drug-likeness (QED) is 0.684. The number of anilines is 2. The zero-order chi connectivity index (χ0) is 13.1. The van der Waals surface area contributed by atoms with Crippen LogP contribution in [-0.2, 0) is 14.9 Å². The number of hydrogen-bond acceptors (Lipinski definition) is 5. The number of carbonyl (C=O) groups excluding carboxylic acids is 1. The van der Waals surface area contributed by atoms with E-state index in [4.69, 9.17) is 5.73 Å². The lowest BCUT2D eigenvalue weighted by Gasteiger charge is -2.10. The van der Waals surface area contributed by atoms with E-state index in [9.17, 15) is 17.6 Å². The van der Waals surface area contributed by atoms with Crippen LogP contribution < -0.4 is 15.2 Å². The van der Waals surface area contributed by atoms with Crippen LogP contribution in [-0.4, -0.2) is 21.6 Å². The number of ether oxygens (including phenoxy) is 1. The molecule has 0 radical (unpaired) electrons. The summed E-state index contributed by atoms with van der Waals surface area (Å²) in [5, 5.41) is 0. The van der Waals surface area contributed by atoms with E-state index < -0.39 is 27.8 Å². The molecule has 1 rings (SSSR count). The fourth-order valence-electron chi connectivity index (χ4n) is 0.960. The average Bonchev–Trinajstić information content (AvgIpc) is 2.23. The van der Waals surface area contributed by atoms with Crippen LogP contribution in [0.4, 0.5) is 20.6 Å². The molecule has 17 heavy (non-hydrogen) atoms. The Hall–Kier alpha value is -2.03. The number of nitrogens with one attached hydrogen (secondary N) is 2. The summed E-state index contributed by atoms with van der Waals surface area (Å²) in [6.07, 6.45) is -1.20. The fourth-order valence-corrected chi connectivity index (χ4v) is 1.80. The predicted molar refractivity (Wildman–Crippen MR) is 58.9 cm³/mol. The standard InChI is InChI=1S/C8H10FN3O4S/c1-16-8(13)12-17(14,15)11-7-5(9)3-2-4-6(7)10/h2-4,11H,10H2,1H3,(H,12,13). The van der Waals surface area contributed by atoms with Gasteiger partial charge < -0.3 is 10.5 Å². The first-order valence-corrected chi connectivity index (χ1v) is 5.76. The minimum absolute atomic E-state index is 0.111. The van der Waals surface area contributed by atoms with Gasteiger partial charge in [-0.15, -0.1) is 0 Å². The van der Waals surface area contributed by atoms with Crippen molar-refractivity contribution in [3.63, 3.8) is 0 Å². The topological polar surface area (TPSA) is 111 Å². The van der Waals surface area contributed by atoms with Gasteiger partial charge in [-0.3, -0.25) is 4.72 Å². The molecule has 0 aliphatic heterocycles. The summed E-state index contributed by atoms with van der Waals surface area (Å²) in [6.45, 7) is 0. The number of hydrogen-bond donors (Lipinski definition) is 3. The third-order valence-corrected chi connectivity index (χ3v) is 2.59. The Bertz CT molecular complexity index is 511. The second kappa shape index (κ2) is 4.87. The molecule has 0 bridgehead atoms. The fraction of sp³-hybridized carbons (Fsp3) is 0.125. The van der Waals surface area contributed by atoms with E-state index in [2.05, 4.69) is 4.74 Å². The molecule has 1 amide bonds. The van der Waals surface area contributed by atoms with Gasteiger partial charge in [-0.2, -0.15) is 8.42 Å². The van der Waals surface area contributed by atoms with Crippen LogP contribution in [0.25, 0.3) is 0 Å². The predicted octanol–water partition coefficient (Wildman–Crippen LogP) is 0.421. The molecule has 1 aromatic carbocycles. The van der Waals surface area contributed by atoms with Crippen molar-refractivity contribution in [2.24, 2.45) is 0 Å². The molecule has 9 heteroatoms. The highest BCUT2D eigenvalue weighted by Crippen LogP contribution is 2.22. The van der Waals surface area contributed by atoms with Crippen molar-refractivity contribution < 1.29 is 22.3 Å². The number of rotatable bonds is 3. The van der Waals surface area contributed by atoms with Gasteiger partial charge >= 0.3 is 16.3 Å². The number of carbonyl (C=O) groups is 1. The maximum Gasteiger partial charge on any atom is 0.422 e. The van der Waals surface area contributed by atoms with Gasteiger partial charge in [0.05, 0.1) is 12.8 Å². The smallest absolute Gasteiger partial charge is 0.422 e. The lowest BCUT2D eigenvalue weighted by atomic mass is 10.3. The van der Waals surface area contributed by atoms with Crippen LogP contribution in [0.15, 0.2) is 18.2 Å². The van der Waals surface area contributed by atoms with Crippen molar-refractivity contribution in [2.75, 3.05) is 17.6 Å². The summed E-state index contributed by atoms with van der Waals surface area (Å²) in [6, 6.07) is 3.64. The summed E-state index contributed by atoms with van der Waals surface area (Å²) in [5.41, 5.74) is 4.83. The second-order valence-corrected chi connectivity index (χ2v) is 4.32. The summed E-state index contributed by atoms with van der Waals surface area (Å²) < 4.78 is 43.3. The third-order valence-electron chi connectivity index (χ3n) is 1.69. The third kappa shape index (κ3) is 3.48. The van der Waals surface area contributed by atoms with E-state index in [1.807, 2.05) is 0 Å². The second-order valence-electron chi connectivity index (χ2n) is 2.90. The largest absolute Gasteiger partial charge is 0.452 e. The Labute approximate surface area is 96.9 Å². The maximum absolute atomic E-state index is 13.2. The summed E-state index contributed by atoms with van der Waals surface area (Å²) in [7, 11) is -3.30. The summed E-state index contributed by atoms with van der Waals surface area (Å²) >= 11 is 0. The minimum Gasteiger partial charge on any atom is -0.452 e. The highest BCUT2D eigenvalue weighted by Gasteiger charge is 2.17. The summed E-state index contributed by atoms with van der Waals surface area (Å²) in [4.78, 5) is 10.7. The van der Waals surface area contributed by atoms with Gasteiger partial charge in [-0.05, 0) is 12.1 Å². The van der Waals surface area contributed by atoms with Crippen molar-refractivity contribution in [2.45, 2.75) is 0 Å². The molecule has 0 fully saturated rings. The zero-order valence-electron chi connectivity index (χ0n) is 8.73. The number of benzene rings is 1. The normalized spacial score (nSPS) is 10.7. The Balaban J connectivity index is 2.95. The van der Waals surface area contributed by atoms with Gasteiger partial charge in [0.25, 0.3) is 0 Å². The van der Waals surface area contributed by atoms with Gasteiger partial charge in [0.1, 0.15) is 11.5 Å².